The molecule has 0 saturated heterocycles. The molecule has 7 heteroatoms. The van der Waals surface area contributed by atoms with E-state index in [9.17, 15) is 25.2 Å². The lowest BCUT2D eigenvalue weighted by atomic mass is 9.81. The van der Waals surface area contributed by atoms with Gasteiger partial charge in [0.15, 0.2) is 0 Å². The Morgan fingerprint density at radius 2 is 1.69 bits per heavy atom. The first-order valence-corrected chi connectivity index (χ1v) is 9.51. The zero-order valence-electron chi connectivity index (χ0n) is 16.1. The van der Waals surface area contributed by atoms with Gasteiger partial charge in [0.2, 0.25) is 0 Å². The van der Waals surface area contributed by atoms with Crippen molar-refractivity contribution in [1.82, 2.24) is 0 Å². The minimum Gasteiger partial charge on any atom is -0.487 e. The van der Waals surface area contributed by atoms with Gasteiger partial charge in [-0.1, -0.05) is 30.3 Å². The summed E-state index contributed by atoms with van der Waals surface area (Å²) in [7, 11) is 1.33. The molecule has 0 aliphatic heterocycles. The van der Waals surface area contributed by atoms with E-state index in [1.807, 2.05) is 30.3 Å². The predicted octanol–water partition coefficient (Wildman–Crippen LogP) is 0.906. The van der Waals surface area contributed by atoms with E-state index in [4.69, 9.17) is 9.47 Å². The number of ether oxygens (including phenoxy) is 2. The molecule has 1 saturated carbocycles. The number of carbonyl (C=O) groups excluding carboxylic acids is 1. The molecule has 29 heavy (non-hydrogen) atoms. The van der Waals surface area contributed by atoms with Crippen LogP contribution in [0.3, 0.4) is 0 Å². The second-order valence-corrected chi connectivity index (χ2v) is 7.28. The van der Waals surface area contributed by atoms with E-state index in [0.29, 0.717) is 17.7 Å². The first-order valence-electron chi connectivity index (χ1n) is 9.51. The van der Waals surface area contributed by atoms with Gasteiger partial charge in [0.1, 0.15) is 24.1 Å². The molecule has 4 N–H and O–H groups in total. The van der Waals surface area contributed by atoms with Crippen molar-refractivity contribution < 1.29 is 34.7 Å². The molecule has 7 nitrogen and oxygen atoms in total. The summed E-state index contributed by atoms with van der Waals surface area (Å²) in [4.78, 5) is 11.6. The first kappa shape index (κ1) is 21.3. The highest BCUT2D eigenvalue weighted by Crippen LogP contribution is 2.31. The van der Waals surface area contributed by atoms with Crippen molar-refractivity contribution in [1.29, 1.82) is 0 Å². The van der Waals surface area contributed by atoms with Gasteiger partial charge in [0.05, 0.1) is 18.8 Å². The lowest BCUT2D eigenvalue weighted by Crippen LogP contribution is -2.56. The Balaban J connectivity index is 1.76. The summed E-state index contributed by atoms with van der Waals surface area (Å²) < 4.78 is 10.7. The van der Waals surface area contributed by atoms with Crippen molar-refractivity contribution in [3.05, 3.63) is 65.2 Å². The molecule has 2 aromatic carbocycles. The van der Waals surface area contributed by atoms with Crippen LogP contribution in [0.25, 0.3) is 0 Å². The van der Waals surface area contributed by atoms with Crippen LogP contribution in [0.5, 0.6) is 5.75 Å². The van der Waals surface area contributed by atoms with E-state index < -0.39 is 36.3 Å². The number of rotatable bonds is 6. The number of aliphatic hydroxyl groups excluding tert-OH is 4. The molecule has 156 valence electrons. The van der Waals surface area contributed by atoms with Gasteiger partial charge in [-0.3, -0.25) is 0 Å². The first-order chi connectivity index (χ1) is 13.9. The second-order valence-electron chi connectivity index (χ2n) is 7.28. The van der Waals surface area contributed by atoms with Crippen LogP contribution >= 0.6 is 0 Å². The van der Waals surface area contributed by atoms with Crippen molar-refractivity contribution in [3.8, 4) is 5.75 Å². The maximum Gasteiger partial charge on any atom is 0.337 e. The fraction of sp³-hybridized carbons (Fsp3) is 0.409. The predicted molar refractivity (Wildman–Crippen MR) is 105 cm³/mol. The molecule has 0 aromatic heterocycles. The Kier molecular flexibility index (Phi) is 6.87. The largest absolute Gasteiger partial charge is 0.487 e. The van der Waals surface area contributed by atoms with Gasteiger partial charge < -0.3 is 29.9 Å². The number of aliphatic hydroxyl groups is 4. The van der Waals surface area contributed by atoms with Gasteiger partial charge >= 0.3 is 5.97 Å². The molecule has 0 spiro atoms. The Hall–Kier alpha value is -2.45. The van der Waals surface area contributed by atoms with Crippen LogP contribution in [-0.2, 0) is 11.2 Å². The third-order valence-electron chi connectivity index (χ3n) is 5.35. The molecule has 0 unspecified atom stereocenters. The number of esters is 1. The standard InChI is InChI=1S/C22H26O7/c1-28-22(27)14-8-6-13(7-9-14)10-15-4-2-3-5-17(15)29-18-11-16(12-23)19(24)21(26)20(18)25/h2-9,16,18-21,23-26H,10-12H2,1H3/t16-,18-,19-,20+,21+/m1/s1. The third kappa shape index (κ3) is 4.76. The van der Waals surface area contributed by atoms with Crippen LogP contribution in [0, 0.1) is 5.92 Å². The van der Waals surface area contributed by atoms with Gasteiger partial charge in [-0.25, -0.2) is 4.79 Å². The van der Waals surface area contributed by atoms with Crippen molar-refractivity contribution in [2.45, 2.75) is 37.3 Å². The molecule has 5 atom stereocenters. The molecule has 1 aliphatic rings. The summed E-state index contributed by atoms with van der Waals surface area (Å²) in [6, 6.07) is 14.4. The lowest BCUT2D eigenvalue weighted by molar-refractivity contribution is -0.157. The van der Waals surface area contributed by atoms with Gasteiger partial charge in [0, 0.05) is 18.9 Å². The molecular formula is C22H26O7. The number of methoxy groups -OCH3 is 1. The molecule has 1 fully saturated rings. The normalized spacial score (nSPS) is 26.7. The highest BCUT2D eigenvalue weighted by Gasteiger charge is 2.43. The average molecular weight is 402 g/mol. The van der Waals surface area contributed by atoms with Gasteiger partial charge in [-0.2, -0.15) is 0 Å². The van der Waals surface area contributed by atoms with Crippen LogP contribution in [0.15, 0.2) is 48.5 Å². The van der Waals surface area contributed by atoms with E-state index in [1.165, 1.54) is 7.11 Å². The molecule has 3 rings (SSSR count). The zero-order chi connectivity index (χ0) is 21.0. The van der Waals surface area contributed by atoms with Crippen molar-refractivity contribution in [2.75, 3.05) is 13.7 Å². The van der Waals surface area contributed by atoms with Crippen LogP contribution in [0.4, 0.5) is 0 Å². The maximum absolute atomic E-state index is 11.6. The minimum atomic E-state index is -1.39. The summed E-state index contributed by atoms with van der Waals surface area (Å²) in [6.45, 7) is -0.307. The van der Waals surface area contributed by atoms with Crippen molar-refractivity contribution in [3.63, 3.8) is 0 Å². The molecule has 2 aromatic rings. The van der Waals surface area contributed by atoms with E-state index in [-0.39, 0.29) is 13.0 Å². The van der Waals surface area contributed by atoms with Gasteiger partial charge in [-0.05, 0) is 35.7 Å². The second kappa shape index (κ2) is 9.37. The Labute approximate surface area is 169 Å². The number of hydrogen-bond donors (Lipinski definition) is 4. The smallest absolute Gasteiger partial charge is 0.337 e. The highest BCUT2D eigenvalue weighted by molar-refractivity contribution is 5.89. The van der Waals surface area contributed by atoms with Crippen molar-refractivity contribution >= 4 is 5.97 Å². The summed E-state index contributed by atoms with van der Waals surface area (Å²) in [5.41, 5.74) is 2.29. The SMILES string of the molecule is COC(=O)c1ccc(Cc2ccccc2O[C@@H]2C[C@H](CO)[C@@H](O)[C@H](O)[C@H]2O)cc1. The van der Waals surface area contributed by atoms with Crippen LogP contribution < -0.4 is 4.74 Å². The fourth-order valence-electron chi connectivity index (χ4n) is 3.60. The van der Waals surface area contributed by atoms with Crippen molar-refractivity contribution in [2.24, 2.45) is 5.92 Å². The topological polar surface area (TPSA) is 116 Å². The van der Waals surface area contributed by atoms with E-state index >= 15 is 0 Å². The lowest BCUT2D eigenvalue weighted by Gasteiger charge is -2.39. The Morgan fingerprint density at radius 1 is 1.00 bits per heavy atom. The Bertz CT molecular complexity index is 818. The fourth-order valence-corrected chi connectivity index (χ4v) is 3.60. The minimum absolute atomic E-state index is 0.220. The number of benzene rings is 2. The van der Waals surface area contributed by atoms with Crippen LogP contribution in [0.2, 0.25) is 0 Å². The Morgan fingerprint density at radius 3 is 2.34 bits per heavy atom. The van der Waals surface area contributed by atoms with E-state index in [2.05, 4.69) is 0 Å². The maximum atomic E-state index is 11.6. The highest BCUT2D eigenvalue weighted by atomic mass is 16.5. The van der Waals surface area contributed by atoms with Gasteiger partial charge in [-0.15, -0.1) is 0 Å². The van der Waals surface area contributed by atoms with Crippen LogP contribution in [0.1, 0.15) is 27.9 Å². The molecule has 0 heterocycles. The van der Waals surface area contributed by atoms with Gasteiger partial charge in [0.25, 0.3) is 0 Å². The van der Waals surface area contributed by atoms with Crippen LogP contribution in [-0.4, -0.2) is 64.5 Å². The molecule has 0 bridgehead atoms. The summed E-state index contributed by atoms with van der Waals surface area (Å²) in [6.07, 6.45) is -3.84. The molecule has 0 radical (unpaired) electrons. The molecule has 0 amide bonds. The number of para-hydroxylation sites is 1. The molecule has 1 aliphatic carbocycles. The average Bonchev–Trinajstić information content (AvgIpc) is 2.75. The van der Waals surface area contributed by atoms with E-state index in [0.717, 1.165) is 11.1 Å². The zero-order valence-corrected chi connectivity index (χ0v) is 16.1. The monoisotopic (exact) mass is 402 g/mol. The molecular weight excluding hydrogens is 376 g/mol. The number of hydrogen-bond acceptors (Lipinski definition) is 7. The van der Waals surface area contributed by atoms with E-state index in [1.54, 1.807) is 18.2 Å². The quantitative estimate of drug-likeness (QED) is 0.531. The summed E-state index contributed by atoms with van der Waals surface area (Å²) in [5.74, 6) is -0.420. The summed E-state index contributed by atoms with van der Waals surface area (Å²) >= 11 is 0. The summed E-state index contributed by atoms with van der Waals surface area (Å²) in [5, 5.41) is 39.8. The number of carbonyl (C=O) groups is 1. The third-order valence-corrected chi connectivity index (χ3v) is 5.35.